The molecule has 0 amide bonds. The van der Waals surface area contributed by atoms with Crippen LogP contribution in [0.2, 0.25) is 0 Å². The molecule has 0 bridgehead atoms. The van der Waals surface area contributed by atoms with Gasteiger partial charge in [-0.05, 0) is 51.7 Å². The zero-order chi connectivity index (χ0) is 14.2. The Morgan fingerprint density at radius 3 is 2.55 bits per heavy atom. The van der Waals surface area contributed by atoms with Gasteiger partial charge >= 0.3 is 0 Å². The molecule has 20 heavy (non-hydrogen) atoms. The molecule has 2 N–H and O–H groups in total. The molecule has 1 atom stereocenters. The maximum absolute atomic E-state index is 9.98. The largest absolute Gasteiger partial charge is 0.389 e. The monoisotopic (exact) mass is 284 g/mol. The molecule has 1 unspecified atom stereocenters. The molecule has 1 aliphatic carbocycles. The van der Waals surface area contributed by atoms with E-state index in [0.29, 0.717) is 25.3 Å². The van der Waals surface area contributed by atoms with Gasteiger partial charge in [0.1, 0.15) is 0 Å². The summed E-state index contributed by atoms with van der Waals surface area (Å²) in [7, 11) is 0. The topological polar surface area (TPSA) is 44.7 Å². The second-order valence-corrected chi connectivity index (χ2v) is 6.42. The van der Waals surface area contributed by atoms with Gasteiger partial charge in [-0.25, -0.2) is 0 Å². The van der Waals surface area contributed by atoms with Crippen LogP contribution in [0.3, 0.4) is 0 Å². The number of piperidine rings is 1. The van der Waals surface area contributed by atoms with Crippen molar-refractivity contribution in [3.05, 3.63) is 0 Å². The van der Waals surface area contributed by atoms with Crippen molar-refractivity contribution in [2.75, 3.05) is 32.8 Å². The van der Waals surface area contributed by atoms with Crippen LogP contribution >= 0.6 is 0 Å². The van der Waals surface area contributed by atoms with Crippen molar-refractivity contribution in [2.45, 2.75) is 70.1 Å². The molecule has 118 valence electrons. The van der Waals surface area contributed by atoms with E-state index in [4.69, 9.17) is 4.74 Å². The molecular formula is C16H32N2O2. The Hall–Kier alpha value is -0.160. The molecule has 1 saturated carbocycles. The molecule has 0 spiro atoms. The van der Waals surface area contributed by atoms with Crippen LogP contribution < -0.4 is 5.32 Å². The Labute approximate surface area is 123 Å². The third-order valence-electron chi connectivity index (χ3n) is 4.60. The Bertz CT molecular complexity index is 249. The van der Waals surface area contributed by atoms with E-state index in [9.17, 15) is 5.11 Å². The first-order chi connectivity index (χ1) is 9.78. The van der Waals surface area contributed by atoms with Crippen molar-refractivity contribution in [1.29, 1.82) is 0 Å². The van der Waals surface area contributed by atoms with Crippen LogP contribution in [0.5, 0.6) is 0 Å². The molecule has 2 aliphatic rings. The first-order valence-electron chi connectivity index (χ1n) is 8.53. The minimum absolute atomic E-state index is 0.357. The Morgan fingerprint density at radius 2 is 1.90 bits per heavy atom. The summed E-state index contributed by atoms with van der Waals surface area (Å²) in [6.07, 6.45) is 8.63. The van der Waals surface area contributed by atoms with Crippen LogP contribution in [0.1, 0.15) is 51.9 Å². The van der Waals surface area contributed by atoms with E-state index in [1.165, 1.54) is 64.6 Å². The molecule has 1 heterocycles. The second-order valence-electron chi connectivity index (χ2n) is 6.42. The van der Waals surface area contributed by atoms with Crippen molar-refractivity contribution in [1.82, 2.24) is 10.2 Å². The predicted octanol–water partition coefficient (Wildman–Crippen LogP) is 1.77. The van der Waals surface area contributed by atoms with E-state index in [1.807, 2.05) is 0 Å². The van der Waals surface area contributed by atoms with Gasteiger partial charge in [0.2, 0.25) is 0 Å². The van der Waals surface area contributed by atoms with Gasteiger partial charge in [-0.15, -0.1) is 0 Å². The zero-order valence-corrected chi connectivity index (χ0v) is 13.0. The normalized spacial score (nSPS) is 24.3. The summed E-state index contributed by atoms with van der Waals surface area (Å²) in [5.41, 5.74) is 0. The minimum Gasteiger partial charge on any atom is -0.389 e. The molecule has 0 aromatic carbocycles. The lowest BCUT2D eigenvalue weighted by Gasteiger charge is -2.32. The summed E-state index contributed by atoms with van der Waals surface area (Å²) >= 11 is 0. The van der Waals surface area contributed by atoms with Crippen molar-refractivity contribution in [2.24, 2.45) is 0 Å². The quantitative estimate of drug-likeness (QED) is 0.713. The molecule has 4 heteroatoms. The van der Waals surface area contributed by atoms with Crippen LogP contribution in [-0.4, -0.2) is 61.0 Å². The van der Waals surface area contributed by atoms with E-state index in [0.717, 1.165) is 0 Å². The van der Waals surface area contributed by atoms with E-state index in [2.05, 4.69) is 17.1 Å². The third kappa shape index (κ3) is 5.68. The summed E-state index contributed by atoms with van der Waals surface area (Å²) in [4.78, 5) is 2.54. The summed E-state index contributed by atoms with van der Waals surface area (Å²) in [6, 6.07) is 0.573. The number of aliphatic hydroxyl groups is 1. The Morgan fingerprint density at radius 1 is 1.20 bits per heavy atom. The van der Waals surface area contributed by atoms with Crippen molar-refractivity contribution >= 4 is 0 Å². The lowest BCUT2D eigenvalue weighted by Crippen LogP contribution is -2.45. The number of ether oxygens (including phenoxy) is 1. The van der Waals surface area contributed by atoms with Crippen molar-refractivity contribution in [3.63, 3.8) is 0 Å². The SMILES string of the molecule is CCCN1CCC(NCC(O)COC2CCCC2)CC1. The van der Waals surface area contributed by atoms with Gasteiger partial charge in [-0.1, -0.05) is 19.8 Å². The van der Waals surface area contributed by atoms with Gasteiger partial charge in [0, 0.05) is 12.6 Å². The van der Waals surface area contributed by atoms with Crippen LogP contribution in [0.25, 0.3) is 0 Å². The van der Waals surface area contributed by atoms with Crippen molar-refractivity contribution in [3.8, 4) is 0 Å². The maximum atomic E-state index is 9.98. The summed E-state index contributed by atoms with van der Waals surface area (Å²) < 4.78 is 5.76. The van der Waals surface area contributed by atoms with Crippen LogP contribution in [-0.2, 0) is 4.74 Å². The van der Waals surface area contributed by atoms with Gasteiger partial charge in [0.05, 0.1) is 18.8 Å². The highest BCUT2D eigenvalue weighted by atomic mass is 16.5. The molecule has 0 aromatic rings. The summed E-state index contributed by atoms with van der Waals surface area (Å²) in [6.45, 7) is 7.02. The number of rotatable bonds is 8. The van der Waals surface area contributed by atoms with Gasteiger partial charge in [0.25, 0.3) is 0 Å². The van der Waals surface area contributed by atoms with Gasteiger partial charge in [-0.3, -0.25) is 0 Å². The lowest BCUT2D eigenvalue weighted by atomic mass is 10.0. The Balaban J connectivity index is 1.51. The standard InChI is InChI=1S/C16H32N2O2/c1-2-9-18-10-7-14(8-11-18)17-12-15(19)13-20-16-5-3-4-6-16/h14-17,19H,2-13H2,1H3. The van der Waals surface area contributed by atoms with E-state index >= 15 is 0 Å². The number of likely N-dealkylation sites (tertiary alicyclic amines) is 1. The minimum atomic E-state index is -0.357. The summed E-state index contributed by atoms with van der Waals surface area (Å²) in [5, 5.41) is 13.5. The van der Waals surface area contributed by atoms with Crippen LogP contribution in [0.15, 0.2) is 0 Å². The molecule has 1 aliphatic heterocycles. The van der Waals surface area contributed by atoms with Crippen LogP contribution in [0.4, 0.5) is 0 Å². The highest BCUT2D eigenvalue weighted by Gasteiger charge is 2.20. The average molecular weight is 284 g/mol. The van der Waals surface area contributed by atoms with Crippen LogP contribution in [0, 0.1) is 0 Å². The fourth-order valence-electron chi connectivity index (χ4n) is 3.34. The first-order valence-corrected chi connectivity index (χ1v) is 8.53. The molecule has 4 nitrogen and oxygen atoms in total. The van der Waals surface area contributed by atoms with Gasteiger partial charge in [-0.2, -0.15) is 0 Å². The van der Waals surface area contributed by atoms with Gasteiger partial charge in [0.15, 0.2) is 0 Å². The molecule has 2 rings (SSSR count). The molecular weight excluding hydrogens is 252 g/mol. The van der Waals surface area contributed by atoms with E-state index in [-0.39, 0.29) is 6.10 Å². The summed E-state index contributed by atoms with van der Waals surface area (Å²) in [5.74, 6) is 0. The zero-order valence-electron chi connectivity index (χ0n) is 13.0. The highest BCUT2D eigenvalue weighted by molar-refractivity contribution is 4.78. The smallest absolute Gasteiger partial charge is 0.0897 e. The average Bonchev–Trinajstić information content (AvgIpc) is 2.98. The van der Waals surface area contributed by atoms with Crippen molar-refractivity contribution < 1.29 is 9.84 Å². The number of nitrogens with one attached hydrogen (secondary N) is 1. The lowest BCUT2D eigenvalue weighted by molar-refractivity contribution is -0.00689. The maximum Gasteiger partial charge on any atom is 0.0897 e. The second kappa shape index (κ2) is 8.98. The Kier molecular flexibility index (Phi) is 7.28. The first kappa shape index (κ1) is 16.2. The van der Waals surface area contributed by atoms with E-state index in [1.54, 1.807) is 0 Å². The molecule has 2 fully saturated rings. The fraction of sp³-hybridized carbons (Fsp3) is 1.00. The fourth-order valence-corrected chi connectivity index (χ4v) is 3.34. The highest BCUT2D eigenvalue weighted by Crippen LogP contribution is 2.20. The predicted molar refractivity (Wildman–Crippen MR) is 82.0 cm³/mol. The number of aliphatic hydroxyl groups excluding tert-OH is 1. The van der Waals surface area contributed by atoms with E-state index < -0.39 is 0 Å². The molecule has 0 aromatic heterocycles. The molecule has 0 radical (unpaired) electrons. The molecule has 1 saturated heterocycles. The third-order valence-corrected chi connectivity index (χ3v) is 4.60. The number of nitrogens with zero attached hydrogens (tertiary/aromatic N) is 1. The number of hydrogen-bond donors (Lipinski definition) is 2. The number of hydrogen-bond acceptors (Lipinski definition) is 4. The van der Waals surface area contributed by atoms with Gasteiger partial charge < -0.3 is 20.1 Å².